The number of carbonyl (C=O) groups is 1. The molecule has 0 aliphatic rings. The first-order chi connectivity index (χ1) is 8.27. The minimum absolute atomic E-state index is 0.0162. The van der Waals surface area contributed by atoms with Crippen molar-refractivity contribution >= 4 is 17.5 Å². The molecule has 0 atom stereocenters. The molecule has 1 amide bonds. The lowest BCUT2D eigenvalue weighted by Gasteiger charge is -2.34. The number of non-ortho nitro benzene ring substituents is 1. The molecule has 1 rings (SSSR count). The highest BCUT2D eigenvalue weighted by Gasteiger charge is 2.29. The second-order valence-corrected chi connectivity index (χ2v) is 4.75. The molecule has 0 unspecified atom stereocenters. The number of hydrogen-bond acceptors (Lipinski definition) is 4. The molecule has 0 heterocycles. The first-order valence-corrected chi connectivity index (χ1v) is 5.40. The van der Waals surface area contributed by atoms with Crippen LogP contribution in [-0.4, -0.2) is 23.7 Å². The molecular weight excluding hydrogens is 236 g/mol. The third-order valence-electron chi connectivity index (χ3n) is 2.35. The maximum atomic E-state index is 11.7. The fourth-order valence-corrected chi connectivity index (χ4v) is 1.58. The van der Waals surface area contributed by atoms with Gasteiger partial charge >= 0.3 is 6.09 Å². The Bertz CT molecular complexity index is 448. The SMILES string of the molecule is COC(=O)N(c1ccc([N+](=O)[O-])cc1)C(C)(C)C. The van der Waals surface area contributed by atoms with E-state index in [1.807, 2.05) is 20.8 Å². The molecule has 0 aromatic heterocycles. The molecule has 0 N–H and O–H groups in total. The van der Waals surface area contributed by atoms with Gasteiger partial charge in [-0.1, -0.05) is 0 Å². The number of amides is 1. The van der Waals surface area contributed by atoms with E-state index in [0.29, 0.717) is 5.69 Å². The molecule has 0 radical (unpaired) electrons. The number of methoxy groups -OCH3 is 1. The van der Waals surface area contributed by atoms with E-state index in [1.165, 1.54) is 36.3 Å². The van der Waals surface area contributed by atoms with Crippen LogP contribution >= 0.6 is 0 Å². The van der Waals surface area contributed by atoms with Gasteiger partial charge in [-0.15, -0.1) is 0 Å². The van der Waals surface area contributed by atoms with E-state index in [4.69, 9.17) is 4.74 Å². The average molecular weight is 252 g/mol. The number of anilines is 1. The third-order valence-corrected chi connectivity index (χ3v) is 2.35. The van der Waals surface area contributed by atoms with Gasteiger partial charge in [-0.2, -0.15) is 0 Å². The predicted molar refractivity (Wildman–Crippen MR) is 67.7 cm³/mol. The molecule has 0 fully saturated rings. The molecule has 18 heavy (non-hydrogen) atoms. The van der Waals surface area contributed by atoms with Crippen LogP contribution in [0.25, 0.3) is 0 Å². The van der Waals surface area contributed by atoms with Crippen LogP contribution in [0.3, 0.4) is 0 Å². The van der Waals surface area contributed by atoms with E-state index in [0.717, 1.165) is 0 Å². The number of carbonyl (C=O) groups excluding carboxylic acids is 1. The van der Waals surface area contributed by atoms with E-state index in [9.17, 15) is 14.9 Å². The molecule has 6 heteroatoms. The minimum atomic E-state index is -0.503. The van der Waals surface area contributed by atoms with Crippen LogP contribution in [0.15, 0.2) is 24.3 Å². The highest BCUT2D eigenvalue weighted by molar-refractivity contribution is 5.89. The topological polar surface area (TPSA) is 72.7 Å². The van der Waals surface area contributed by atoms with Crippen LogP contribution in [-0.2, 0) is 4.74 Å². The Morgan fingerprint density at radius 2 is 1.78 bits per heavy atom. The summed E-state index contributed by atoms with van der Waals surface area (Å²) in [5.41, 5.74) is 0.0564. The maximum absolute atomic E-state index is 11.7. The van der Waals surface area contributed by atoms with Crippen LogP contribution in [0, 0.1) is 10.1 Å². The van der Waals surface area contributed by atoms with Gasteiger partial charge < -0.3 is 4.74 Å². The van der Waals surface area contributed by atoms with Crippen molar-refractivity contribution in [1.82, 2.24) is 0 Å². The Morgan fingerprint density at radius 3 is 2.11 bits per heavy atom. The average Bonchev–Trinajstić information content (AvgIpc) is 2.27. The van der Waals surface area contributed by atoms with Crippen molar-refractivity contribution in [2.24, 2.45) is 0 Å². The van der Waals surface area contributed by atoms with Crippen LogP contribution < -0.4 is 4.90 Å². The number of nitrogens with zero attached hydrogens (tertiary/aromatic N) is 2. The zero-order chi connectivity index (χ0) is 13.9. The second kappa shape index (κ2) is 5.03. The lowest BCUT2D eigenvalue weighted by atomic mass is 10.1. The second-order valence-electron chi connectivity index (χ2n) is 4.75. The molecule has 0 spiro atoms. The molecule has 0 aliphatic carbocycles. The van der Waals surface area contributed by atoms with Crippen molar-refractivity contribution in [2.75, 3.05) is 12.0 Å². The lowest BCUT2D eigenvalue weighted by Crippen LogP contribution is -2.45. The number of benzene rings is 1. The molecule has 98 valence electrons. The van der Waals surface area contributed by atoms with Crippen LogP contribution in [0.5, 0.6) is 0 Å². The quantitative estimate of drug-likeness (QED) is 0.599. The number of nitro groups is 1. The van der Waals surface area contributed by atoms with E-state index >= 15 is 0 Å². The molecule has 6 nitrogen and oxygen atoms in total. The van der Waals surface area contributed by atoms with E-state index in [-0.39, 0.29) is 5.69 Å². The van der Waals surface area contributed by atoms with Gasteiger partial charge in [-0.3, -0.25) is 15.0 Å². The summed E-state index contributed by atoms with van der Waals surface area (Å²) in [4.78, 5) is 23.3. The van der Waals surface area contributed by atoms with Gasteiger partial charge in [0.15, 0.2) is 0 Å². The summed E-state index contributed by atoms with van der Waals surface area (Å²) >= 11 is 0. The number of rotatable bonds is 2. The van der Waals surface area contributed by atoms with Gasteiger partial charge in [0.25, 0.3) is 5.69 Å². The van der Waals surface area contributed by atoms with Gasteiger partial charge in [-0.05, 0) is 32.9 Å². The van der Waals surface area contributed by atoms with Crippen molar-refractivity contribution in [3.63, 3.8) is 0 Å². The van der Waals surface area contributed by atoms with E-state index < -0.39 is 16.6 Å². The predicted octanol–water partition coefficient (Wildman–Crippen LogP) is 2.97. The van der Waals surface area contributed by atoms with Crippen LogP contribution in [0.4, 0.5) is 16.2 Å². The number of hydrogen-bond donors (Lipinski definition) is 0. The molecule has 0 saturated carbocycles. The molecule has 1 aromatic rings. The Labute approximate surface area is 105 Å². The maximum Gasteiger partial charge on any atom is 0.414 e. The third kappa shape index (κ3) is 2.97. The lowest BCUT2D eigenvalue weighted by molar-refractivity contribution is -0.384. The summed E-state index contributed by atoms with van der Waals surface area (Å²) in [5, 5.41) is 10.6. The summed E-state index contributed by atoms with van der Waals surface area (Å²) in [6.45, 7) is 5.56. The molecular formula is C12H16N2O4. The van der Waals surface area contributed by atoms with Crippen molar-refractivity contribution in [3.05, 3.63) is 34.4 Å². The molecule has 0 saturated heterocycles. The Kier molecular flexibility index (Phi) is 3.90. The van der Waals surface area contributed by atoms with Gasteiger partial charge in [0.1, 0.15) is 0 Å². The molecule has 0 aliphatic heterocycles. The summed E-state index contributed by atoms with van der Waals surface area (Å²) in [6.07, 6.45) is -0.503. The Hall–Kier alpha value is -2.11. The highest BCUT2D eigenvalue weighted by atomic mass is 16.6. The van der Waals surface area contributed by atoms with Crippen molar-refractivity contribution < 1.29 is 14.5 Å². The summed E-state index contributed by atoms with van der Waals surface area (Å²) < 4.78 is 4.72. The number of ether oxygens (including phenoxy) is 1. The van der Waals surface area contributed by atoms with Gasteiger partial charge in [-0.25, -0.2) is 4.79 Å². The smallest absolute Gasteiger partial charge is 0.414 e. The van der Waals surface area contributed by atoms with E-state index in [2.05, 4.69) is 0 Å². The van der Waals surface area contributed by atoms with Crippen LogP contribution in [0.1, 0.15) is 20.8 Å². The first kappa shape index (κ1) is 14.0. The normalized spacial score (nSPS) is 10.9. The Morgan fingerprint density at radius 1 is 1.28 bits per heavy atom. The molecule has 0 bridgehead atoms. The minimum Gasteiger partial charge on any atom is -0.452 e. The number of nitro benzene ring substituents is 1. The van der Waals surface area contributed by atoms with Crippen molar-refractivity contribution in [1.29, 1.82) is 0 Å². The first-order valence-electron chi connectivity index (χ1n) is 5.40. The highest BCUT2D eigenvalue weighted by Crippen LogP contribution is 2.26. The van der Waals surface area contributed by atoms with Crippen LogP contribution in [0.2, 0.25) is 0 Å². The molecule has 1 aromatic carbocycles. The van der Waals surface area contributed by atoms with Crippen molar-refractivity contribution in [2.45, 2.75) is 26.3 Å². The summed E-state index contributed by atoms with van der Waals surface area (Å²) in [5.74, 6) is 0. The zero-order valence-corrected chi connectivity index (χ0v) is 10.8. The monoisotopic (exact) mass is 252 g/mol. The standard InChI is InChI=1S/C12H16N2O4/c1-12(2,3)13(11(15)18-4)9-5-7-10(8-6-9)14(16)17/h5-8H,1-4H3. The van der Waals surface area contributed by atoms with Gasteiger partial charge in [0.05, 0.1) is 12.0 Å². The van der Waals surface area contributed by atoms with Gasteiger partial charge in [0.2, 0.25) is 0 Å². The largest absolute Gasteiger partial charge is 0.452 e. The summed E-state index contributed by atoms with van der Waals surface area (Å²) in [7, 11) is 1.30. The fourth-order valence-electron chi connectivity index (χ4n) is 1.58. The van der Waals surface area contributed by atoms with E-state index in [1.54, 1.807) is 0 Å². The zero-order valence-electron chi connectivity index (χ0n) is 10.8. The summed E-state index contributed by atoms with van der Waals surface area (Å²) in [6, 6.07) is 5.77. The Balaban J connectivity index is 3.14. The fraction of sp³-hybridized carbons (Fsp3) is 0.417. The van der Waals surface area contributed by atoms with Crippen molar-refractivity contribution in [3.8, 4) is 0 Å². The van der Waals surface area contributed by atoms with Gasteiger partial charge in [0, 0.05) is 23.4 Å².